The number of hydrogen-bond donors (Lipinski definition) is 0. The van der Waals surface area contributed by atoms with Crippen LogP contribution in [0.2, 0.25) is 0 Å². The van der Waals surface area contributed by atoms with Crippen LogP contribution in [-0.4, -0.2) is 15.3 Å². The first-order valence-electron chi connectivity index (χ1n) is 5.58. The summed E-state index contributed by atoms with van der Waals surface area (Å²) in [6, 6.07) is 13.5. The minimum absolute atomic E-state index is 0.00192. The van der Waals surface area contributed by atoms with Crippen molar-refractivity contribution in [1.82, 2.24) is 9.55 Å². The van der Waals surface area contributed by atoms with E-state index in [2.05, 4.69) is 20.9 Å². The highest BCUT2D eigenvalue weighted by atomic mass is 79.9. The molecule has 0 fully saturated rings. The Morgan fingerprint density at radius 3 is 2.83 bits per heavy atom. The van der Waals surface area contributed by atoms with E-state index < -0.39 is 0 Å². The topological polar surface area (TPSA) is 34.9 Å². The summed E-state index contributed by atoms with van der Waals surface area (Å²) in [6.45, 7) is 0. The molecule has 0 N–H and O–H groups in total. The van der Waals surface area contributed by atoms with Gasteiger partial charge in [0.1, 0.15) is 0 Å². The Bertz CT molecular complexity index is 820. The molecule has 0 bridgehead atoms. The van der Waals surface area contributed by atoms with Gasteiger partial charge in [0, 0.05) is 10.0 Å². The molecule has 0 spiro atoms. The van der Waals surface area contributed by atoms with Gasteiger partial charge in [0.15, 0.2) is 5.82 Å². The lowest BCUT2D eigenvalue weighted by Crippen LogP contribution is -1.97. The van der Waals surface area contributed by atoms with Gasteiger partial charge in [-0.15, -0.1) is 0 Å². The molecule has 0 atom stereocenters. The molecule has 0 aliphatic carbocycles. The number of halogens is 1. The van der Waals surface area contributed by atoms with Gasteiger partial charge in [-0.25, -0.2) is 4.98 Å². The smallest absolute Gasteiger partial charge is 0.230 e. The molecule has 4 rings (SSSR count). The van der Waals surface area contributed by atoms with Crippen molar-refractivity contribution in [1.29, 1.82) is 0 Å². The number of carbonyl (C=O) groups is 1. The van der Waals surface area contributed by atoms with Gasteiger partial charge < -0.3 is 0 Å². The van der Waals surface area contributed by atoms with Crippen LogP contribution in [0, 0.1) is 0 Å². The van der Waals surface area contributed by atoms with E-state index in [1.807, 2.05) is 47.0 Å². The van der Waals surface area contributed by atoms with E-state index >= 15 is 0 Å². The predicted molar refractivity (Wildman–Crippen MR) is 72.2 cm³/mol. The molecule has 0 unspecified atom stereocenters. The average Bonchev–Trinajstić information content (AvgIpc) is 2.87. The molecule has 1 aromatic heterocycles. The number of benzene rings is 2. The Balaban J connectivity index is 2.17. The van der Waals surface area contributed by atoms with Gasteiger partial charge in [0.25, 0.3) is 0 Å². The number of nitrogens with zero attached hydrogens (tertiary/aromatic N) is 2. The van der Waals surface area contributed by atoms with Crippen molar-refractivity contribution in [3.63, 3.8) is 0 Å². The van der Waals surface area contributed by atoms with Crippen LogP contribution in [-0.2, 0) is 0 Å². The lowest BCUT2D eigenvalue weighted by Gasteiger charge is -2.02. The van der Waals surface area contributed by atoms with E-state index in [0.717, 1.165) is 26.8 Å². The molecule has 0 amide bonds. The van der Waals surface area contributed by atoms with E-state index in [0.29, 0.717) is 5.82 Å². The highest BCUT2D eigenvalue weighted by Crippen LogP contribution is 2.32. The molecule has 86 valence electrons. The molecule has 3 nitrogen and oxygen atoms in total. The average molecular weight is 299 g/mol. The third-order valence-electron chi connectivity index (χ3n) is 3.21. The van der Waals surface area contributed by atoms with Crippen molar-refractivity contribution in [3.8, 4) is 5.69 Å². The quantitative estimate of drug-likeness (QED) is 0.499. The fraction of sp³-hybridized carbons (Fsp3) is 0. The highest BCUT2D eigenvalue weighted by molar-refractivity contribution is 9.10. The van der Waals surface area contributed by atoms with Gasteiger partial charge >= 0.3 is 0 Å². The summed E-state index contributed by atoms with van der Waals surface area (Å²) in [5, 5.41) is 0. The molecular formula is C14H7BrN2O. The lowest BCUT2D eigenvalue weighted by atomic mass is 10.1. The first-order valence-corrected chi connectivity index (χ1v) is 6.37. The third-order valence-corrected chi connectivity index (χ3v) is 3.70. The maximum absolute atomic E-state index is 12.2. The molecule has 2 heterocycles. The van der Waals surface area contributed by atoms with Crippen LogP contribution >= 0.6 is 15.9 Å². The molecule has 0 saturated heterocycles. The van der Waals surface area contributed by atoms with Crippen molar-refractivity contribution >= 4 is 32.7 Å². The molecule has 18 heavy (non-hydrogen) atoms. The van der Waals surface area contributed by atoms with Gasteiger partial charge in [0.05, 0.1) is 16.7 Å². The first kappa shape index (κ1) is 10.0. The van der Waals surface area contributed by atoms with Gasteiger partial charge in [-0.3, -0.25) is 9.36 Å². The van der Waals surface area contributed by atoms with E-state index in [9.17, 15) is 4.79 Å². The van der Waals surface area contributed by atoms with Crippen LogP contribution in [0.3, 0.4) is 0 Å². The summed E-state index contributed by atoms with van der Waals surface area (Å²) in [5.74, 6) is 0.502. The SMILES string of the molecule is O=C1c2ccccc2-n2c1nc1cc(Br)ccc12. The molecule has 2 aromatic carbocycles. The van der Waals surface area contributed by atoms with Gasteiger partial charge in [-0.05, 0) is 30.3 Å². The molecule has 0 saturated carbocycles. The molecule has 1 aliphatic heterocycles. The summed E-state index contributed by atoms with van der Waals surface area (Å²) in [5.41, 5.74) is 3.45. The molecule has 0 radical (unpaired) electrons. The highest BCUT2D eigenvalue weighted by Gasteiger charge is 2.29. The van der Waals surface area contributed by atoms with Crippen molar-refractivity contribution in [2.75, 3.05) is 0 Å². The standard InChI is InChI=1S/C14H7BrN2O/c15-8-5-6-12-10(7-8)16-14-13(18)9-3-1-2-4-11(9)17(12)14/h1-7H. The second-order valence-electron chi connectivity index (χ2n) is 4.25. The Labute approximate surface area is 111 Å². The molecule has 3 aromatic rings. The minimum atomic E-state index is -0.00192. The maximum Gasteiger partial charge on any atom is 0.230 e. The number of ketones is 1. The summed E-state index contributed by atoms with van der Waals surface area (Å²) < 4.78 is 2.90. The Hall–Kier alpha value is -1.94. The van der Waals surface area contributed by atoms with Crippen LogP contribution in [0.5, 0.6) is 0 Å². The Kier molecular flexibility index (Phi) is 1.84. The normalized spacial score (nSPS) is 12.8. The maximum atomic E-state index is 12.2. The largest absolute Gasteiger partial charge is 0.289 e. The second-order valence-corrected chi connectivity index (χ2v) is 5.17. The van der Waals surface area contributed by atoms with Gasteiger partial charge in [-0.1, -0.05) is 28.1 Å². The Morgan fingerprint density at radius 1 is 1.11 bits per heavy atom. The number of para-hydroxylation sites is 1. The van der Waals surface area contributed by atoms with Crippen LogP contribution < -0.4 is 0 Å². The van der Waals surface area contributed by atoms with Crippen LogP contribution in [0.25, 0.3) is 16.7 Å². The molecular weight excluding hydrogens is 292 g/mol. The second kappa shape index (κ2) is 3.29. The number of hydrogen-bond acceptors (Lipinski definition) is 2. The van der Waals surface area contributed by atoms with Gasteiger partial charge in [-0.2, -0.15) is 0 Å². The summed E-state index contributed by atoms with van der Waals surface area (Å²) in [7, 11) is 0. The fourth-order valence-electron chi connectivity index (χ4n) is 2.43. The van der Waals surface area contributed by atoms with Crippen molar-refractivity contribution in [2.45, 2.75) is 0 Å². The Morgan fingerprint density at radius 2 is 1.94 bits per heavy atom. The number of rotatable bonds is 0. The zero-order valence-electron chi connectivity index (χ0n) is 9.22. The predicted octanol–water partition coefficient (Wildman–Crippen LogP) is 3.33. The summed E-state index contributed by atoms with van der Waals surface area (Å²) in [4.78, 5) is 16.7. The fourth-order valence-corrected chi connectivity index (χ4v) is 2.78. The summed E-state index contributed by atoms with van der Waals surface area (Å²) >= 11 is 3.42. The van der Waals surface area contributed by atoms with Crippen LogP contribution in [0.4, 0.5) is 0 Å². The van der Waals surface area contributed by atoms with E-state index in [1.165, 1.54) is 0 Å². The number of fused-ring (bicyclic) bond motifs is 5. The van der Waals surface area contributed by atoms with E-state index in [4.69, 9.17) is 0 Å². The zero-order chi connectivity index (χ0) is 12.3. The van der Waals surface area contributed by atoms with E-state index in [1.54, 1.807) is 0 Å². The number of carbonyl (C=O) groups excluding carboxylic acids is 1. The third kappa shape index (κ3) is 1.13. The minimum Gasteiger partial charge on any atom is -0.289 e. The lowest BCUT2D eigenvalue weighted by molar-refractivity contribution is 0.103. The van der Waals surface area contributed by atoms with Gasteiger partial charge in [0.2, 0.25) is 5.78 Å². The monoisotopic (exact) mass is 298 g/mol. The number of imidazole rings is 1. The van der Waals surface area contributed by atoms with E-state index in [-0.39, 0.29) is 5.78 Å². The number of aromatic nitrogens is 2. The van der Waals surface area contributed by atoms with Crippen LogP contribution in [0.1, 0.15) is 16.2 Å². The van der Waals surface area contributed by atoms with Crippen molar-refractivity contribution in [2.24, 2.45) is 0 Å². The van der Waals surface area contributed by atoms with Crippen molar-refractivity contribution in [3.05, 3.63) is 58.3 Å². The molecule has 4 heteroatoms. The van der Waals surface area contributed by atoms with Crippen LogP contribution in [0.15, 0.2) is 46.9 Å². The molecule has 1 aliphatic rings. The zero-order valence-corrected chi connectivity index (χ0v) is 10.8. The first-order chi connectivity index (χ1) is 8.75. The summed E-state index contributed by atoms with van der Waals surface area (Å²) in [6.07, 6.45) is 0. The van der Waals surface area contributed by atoms with Crippen molar-refractivity contribution < 1.29 is 4.79 Å².